The fraction of sp³-hybridized carbons (Fsp3) is 0.208. The molecule has 0 unspecified atom stereocenters. The summed E-state index contributed by atoms with van der Waals surface area (Å²) in [5.41, 5.74) is 4.31. The third-order valence-electron chi connectivity index (χ3n) is 6.19. The molecule has 1 aromatic carbocycles. The first-order valence-electron chi connectivity index (χ1n) is 11.2. The van der Waals surface area contributed by atoms with Crippen molar-refractivity contribution in [1.82, 2.24) is 34.3 Å². The molecule has 6 rings (SSSR count). The molecule has 0 aliphatic carbocycles. The van der Waals surface area contributed by atoms with Crippen LogP contribution in [0.15, 0.2) is 61.6 Å². The number of anilines is 2. The first kappa shape index (κ1) is 21.5. The predicted molar refractivity (Wildman–Crippen MR) is 132 cm³/mol. The van der Waals surface area contributed by atoms with Gasteiger partial charge in [0.05, 0.1) is 11.2 Å². The van der Waals surface area contributed by atoms with Crippen molar-refractivity contribution in [2.45, 2.75) is 0 Å². The Morgan fingerprint density at radius 3 is 2.20 bits per heavy atom. The van der Waals surface area contributed by atoms with Crippen LogP contribution in [-0.2, 0) is 7.05 Å². The second kappa shape index (κ2) is 8.62. The molecule has 0 atom stereocenters. The number of piperazine rings is 1. The van der Waals surface area contributed by atoms with Gasteiger partial charge in [-0.25, -0.2) is 23.9 Å². The number of aromatic nitrogens is 7. The van der Waals surface area contributed by atoms with Crippen molar-refractivity contribution in [3.8, 4) is 22.3 Å². The molecule has 9 nitrogen and oxygen atoms in total. The summed E-state index contributed by atoms with van der Waals surface area (Å²) in [7, 11) is 1.87. The Hall–Kier alpha value is -4.05. The maximum Gasteiger partial charge on any atom is 0.225 e. The van der Waals surface area contributed by atoms with Gasteiger partial charge in [-0.05, 0) is 17.7 Å². The Balaban J connectivity index is 1.20. The molecule has 0 N–H and O–H groups in total. The molecule has 5 aromatic rings. The topological polar surface area (TPSA) is 80.3 Å². The fourth-order valence-corrected chi connectivity index (χ4v) is 4.68. The standard InChI is InChI=1S/C24H21ClFN9/c1-32-13-18(12-30-32)20-14-35-22(21(20)25)23(29-15-31-35)33-6-8-34(9-7-33)24-27-10-17(11-28-24)16-2-4-19(26)5-3-16/h2-5,10-15H,6-9H2,1H3. The van der Waals surface area contributed by atoms with Crippen LogP contribution in [0.4, 0.5) is 16.2 Å². The first-order valence-corrected chi connectivity index (χ1v) is 11.5. The Labute approximate surface area is 205 Å². The van der Waals surface area contributed by atoms with E-state index in [1.807, 2.05) is 19.4 Å². The van der Waals surface area contributed by atoms with Crippen LogP contribution in [0.2, 0.25) is 5.02 Å². The van der Waals surface area contributed by atoms with Crippen LogP contribution in [0, 0.1) is 5.82 Å². The molecule has 0 spiro atoms. The Morgan fingerprint density at radius 2 is 1.51 bits per heavy atom. The van der Waals surface area contributed by atoms with Gasteiger partial charge in [-0.1, -0.05) is 23.7 Å². The predicted octanol–water partition coefficient (Wildman–Crippen LogP) is 3.71. The van der Waals surface area contributed by atoms with Gasteiger partial charge in [0, 0.05) is 74.7 Å². The van der Waals surface area contributed by atoms with E-state index in [0.717, 1.165) is 59.8 Å². The maximum absolute atomic E-state index is 13.2. The molecule has 35 heavy (non-hydrogen) atoms. The normalized spacial score (nSPS) is 14.1. The maximum atomic E-state index is 13.2. The SMILES string of the molecule is Cn1cc(-c2cn3ncnc(N4CCN(c5ncc(-c6ccc(F)cc6)cn5)CC4)c3c2Cl)cn1. The molecule has 0 radical (unpaired) electrons. The van der Waals surface area contributed by atoms with E-state index in [4.69, 9.17) is 11.6 Å². The summed E-state index contributed by atoms with van der Waals surface area (Å²) in [6.07, 6.45) is 10.7. The molecule has 4 aromatic heterocycles. The second-order valence-electron chi connectivity index (χ2n) is 8.39. The van der Waals surface area contributed by atoms with Crippen LogP contribution in [0.1, 0.15) is 0 Å². The van der Waals surface area contributed by atoms with E-state index < -0.39 is 0 Å². The average molecular weight is 490 g/mol. The van der Waals surface area contributed by atoms with Crippen molar-refractivity contribution in [3.63, 3.8) is 0 Å². The van der Waals surface area contributed by atoms with Crippen LogP contribution in [0.25, 0.3) is 27.8 Å². The van der Waals surface area contributed by atoms with Crippen molar-refractivity contribution >= 4 is 28.9 Å². The Morgan fingerprint density at radius 1 is 0.800 bits per heavy atom. The third kappa shape index (κ3) is 3.95. The van der Waals surface area contributed by atoms with Gasteiger partial charge >= 0.3 is 0 Å². The highest BCUT2D eigenvalue weighted by atomic mass is 35.5. The summed E-state index contributed by atoms with van der Waals surface area (Å²) in [5.74, 6) is 1.20. The summed E-state index contributed by atoms with van der Waals surface area (Å²) >= 11 is 6.81. The quantitative estimate of drug-likeness (QED) is 0.380. The van der Waals surface area contributed by atoms with Gasteiger partial charge in [-0.2, -0.15) is 10.2 Å². The fourth-order valence-electron chi connectivity index (χ4n) is 4.35. The summed E-state index contributed by atoms with van der Waals surface area (Å²) in [6, 6.07) is 6.32. The molecule has 0 saturated carbocycles. The summed E-state index contributed by atoms with van der Waals surface area (Å²) < 4.78 is 16.7. The molecule has 11 heteroatoms. The zero-order valence-electron chi connectivity index (χ0n) is 18.9. The number of hydrogen-bond acceptors (Lipinski definition) is 7. The Bertz CT molecular complexity index is 1490. The highest BCUT2D eigenvalue weighted by Crippen LogP contribution is 2.36. The van der Waals surface area contributed by atoms with E-state index in [-0.39, 0.29) is 5.82 Å². The summed E-state index contributed by atoms with van der Waals surface area (Å²) in [5, 5.41) is 9.22. The van der Waals surface area contributed by atoms with Gasteiger partial charge in [-0.3, -0.25) is 4.68 Å². The van der Waals surface area contributed by atoms with Crippen LogP contribution < -0.4 is 9.80 Å². The minimum Gasteiger partial charge on any atom is -0.351 e. The molecule has 1 aliphatic rings. The van der Waals surface area contributed by atoms with Crippen LogP contribution in [0.5, 0.6) is 0 Å². The third-order valence-corrected chi connectivity index (χ3v) is 6.57. The molecule has 176 valence electrons. The molecular formula is C24H21ClFN9. The Kier molecular flexibility index (Phi) is 5.29. The van der Waals surface area contributed by atoms with Crippen LogP contribution in [-0.4, -0.2) is 60.5 Å². The zero-order chi connectivity index (χ0) is 23.9. The van der Waals surface area contributed by atoms with E-state index >= 15 is 0 Å². The van der Waals surface area contributed by atoms with E-state index in [0.29, 0.717) is 11.0 Å². The minimum absolute atomic E-state index is 0.264. The molecule has 1 aliphatic heterocycles. The number of benzene rings is 1. The lowest BCUT2D eigenvalue weighted by molar-refractivity contribution is 0.628. The lowest BCUT2D eigenvalue weighted by Gasteiger charge is -2.35. The monoisotopic (exact) mass is 489 g/mol. The zero-order valence-corrected chi connectivity index (χ0v) is 19.6. The van der Waals surface area contributed by atoms with Crippen LogP contribution >= 0.6 is 11.6 Å². The van der Waals surface area contributed by atoms with Crippen molar-refractivity contribution < 1.29 is 4.39 Å². The minimum atomic E-state index is -0.264. The highest BCUT2D eigenvalue weighted by Gasteiger charge is 2.24. The average Bonchev–Trinajstić information content (AvgIpc) is 3.47. The largest absolute Gasteiger partial charge is 0.351 e. The summed E-state index contributed by atoms with van der Waals surface area (Å²) in [6.45, 7) is 2.94. The molecule has 0 amide bonds. The van der Waals surface area contributed by atoms with Crippen molar-refractivity contribution in [1.29, 1.82) is 0 Å². The summed E-state index contributed by atoms with van der Waals surface area (Å²) in [4.78, 5) is 18.0. The number of hydrogen-bond donors (Lipinski definition) is 0. The highest BCUT2D eigenvalue weighted by molar-refractivity contribution is 6.37. The van der Waals surface area contributed by atoms with Crippen molar-refractivity contribution in [2.75, 3.05) is 36.0 Å². The van der Waals surface area contributed by atoms with Gasteiger partial charge in [-0.15, -0.1) is 0 Å². The van der Waals surface area contributed by atoms with Crippen molar-refractivity contribution in [3.05, 3.63) is 72.4 Å². The van der Waals surface area contributed by atoms with E-state index in [9.17, 15) is 4.39 Å². The lowest BCUT2D eigenvalue weighted by atomic mass is 10.1. The molecule has 0 bridgehead atoms. The van der Waals surface area contributed by atoms with E-state index in [1.165, 1.54) is 12.1 Å². The van der Waals surface area contributed by atoms with Gasteiger partial charge in [0.2, 0.25) is 5.95 Å². The van der Waals surface area contributed by atoms with E-state index in [1.54, 1.807) is 46.2 Å². The number of aryl methyl sites for hydroxylation is 1. The molecular weight excluding hydrogens is 469 g/mol. The van der Waals surface area contributed by atoms with Gasteiger partial charge in [0.25, 0.3) is 0 Å². The first-order chi connectivity index (χ1) is 17.1. The number of rotatable bonds is 4. The van der Waals surface area contributed by atoms with Crippen LogP contribution in [0.3, 0.4) is 0 Å². The van der Waals surface area contributed by atoms with Gasteiger partial charge < -0.3 is 9.80 Å². The number of halogens is 2. The van der Waals surface area contributed by atoms with E-state index in [2.05, 4.69) is 34.9 Å². The van der Waals surface area contributed by atoms with Gasteiger partial charge in [0.15, 0.2) is 5.82 Å². The number of nitrogens with zero attached hydrogens (tertiary/aromatic N) is 9. The lowest BCUT2D eigenvalue weighted by Crippen LogP contribution is -2.47. The molecule has 1 fully saturated rings. The number of fused-ring (bicyclic) bond motifs is 1. The molecule has 1 saturated heterocycles. The van der Waals surface area contributed by atoms with Crippen molar-refractivity contribution in [2.24, 2.45) is 7.05 Å². The van der Waals surface area contributed by atoms with Gasteiger partial charge in [0.1, 0.15) is 17.7 Å². The smallest absolute Gasteiger partial charge is 0.225 e. The second-order valence-corrected chi connectivity index (χ2v) is 8.77. The molecule has 5 heterocycles.